The minimum Gasteiger partial charge on any atom is -0.376 e. The topological polar surface area (TPSA) is 38.0 Å². The van der Waals surface area contributed by atoms with Gasteiger partial charge in [-0.2, -0.15) is 0 Å². The molecular weight excluding hydrogens is 232 g/mol. The highest BCUT2D eigenvalue weighted by molar-refractivity contribution is 5.32. The zero-order valence-electron chi connectivity index (χ0n) is 12.1. The van der Waals surface area contributed by atoms with Gasteiger partial charge in [0.15, 0.2) is 0 Å². The first-order chi connectivity index (χ1) is 8.97. The van der Waals surface area contributed by atoms with Crippen molar-refractivity contribution in [3.63, 3.8) is 0 Å². The highest BCUT2D eigenvalue weighted by atomic mass is 15.0. The summed E-state index contributed by atoms with van der Waals surface area (Å²) < 4.78 is 0. The zero-order chi connectivity index (χ0) is 13.9. The van der Waals surface area contributed by atoms with E-state index in [9.17, 15) is 0 Å². The first-order valence-corrected chi connectivity index (χ1v) is 6.97. The first-order valence-electron chi connectivity index (χ1n) is 6.97. The molecule has 1 aliphatic rings. The Kier molecular flexibility index (Phi) is 4.11. The second-order valence-corrected chi connectivity index (χ2v) is 5.97. The summed E-state index contributed by atoms with van der Waals surface area (Å²) in [6.07, 6.45) is 7.67. The first kappa shape index (κ1) is 13.9. The normalized spacial score (nSPS) is 20.2. The Morgan fingerprint density at radius 2 is 1.95 bits per heavy atom. The van der Waals surface area contributed by atoms with Gasteiger partial charge in [-0.1, -0.05) is 42.5 Å². The maximum Gasteiger partial charge on any atom is 0.0568 e. The van der Waals surface area contributed by atoms with E-state index in [0.717, 1.165) is 6.42 Å². The molecule has 2 nitrogen and oxygen atoms in total. The summed E-state index contributed by atoms with van der Waals surface area (Å²) in [5, 5.41) is 3.61. The van der Waals surface area contributed by atoms with E-state index in [2.05, 4.69) is 68.6 Å². The summed E-state index contributed by atoms with van der Waals surface area (Å²) in [6, 6.07) is 10.8. The van der Waals surface area contributed by atoms with Crippen LogP contribution >= 0.6 is 0 Å². The summed E-state index contributed by atoms with van der Waals surface area (Å²) >= 11 is 0. The maximum absolute atomic E-state index is 5.85. The molecule has 0 amide bonds. The van der Waals surface area contributed by atoms with Crippen LogP contribution in [0.5, 0.6) is 0 Å². The average molecular weight is 256 g/mol. The average Bonchev–Trinajstić information content (AvgIpc) is 2.76. The van der Waals surface area contributed by atoms with Crippen LogP contribution in [-0.4, -0.2) is 6.04 Å². The Bertz CT molecular complexity index is 469. The van der Waals surface area contributed by atoms with Crippen LogP contribution < -0.4 is 11.1 Å². The van der Waals surface area contributed by atoms with E-state index in [0.29, 0.717) is 5.92 Å². The van der Waals surface area contributed by atoms with E-state index in [1.807, 2.05) is 6.07 Å². The molecule has 102 valence electrons. The number of hydrogen-bond donors (Lipinski definition) is 2. The number of allylic oxidation sites excluding steroid dienone is 3. The molecule has 0 spiro atoms. The van der Waals surface area contributed by atoms with Gasteiger partial charge in [-0.3, -0.25) is 0 Å². The molecule has 0 heterocycles. The number of rotatable bonds is 5. The van der Waals surface area contributed by atoms with Gasteiger partial charge in [0.2, 0.25) is 0 Å². The lowest BCUT2D eigenvalue weighted by molar-refractivity contribution is 0.454. The third-order valence-electron chi connectivity index (χ3n) is 3.51. The van der Waals surface area contributed by atoms with Crippen molar-refractivity contribution in [1.82, 2.24) is 5.32 Å². The second-order valence-electron chi connectivity index (χ2n) is 5.97. The lowest BCUT2D eigenvalue weighted by Gasteiger charge is -2.28. The quantitative estimate of drug-likeness (QED) is 0.848. The summed E-state index contributed by atoms with van der Waals surface area (Å²) in [4.78, 5) is 0. The molecule has 3 N–H and O–H groups in total. The van der Waals surface area contributed by atoms with E-state index in [4.69, 9.17) is 5.73 Å². The molecule has 0 saturated carbocycles. The molecule has 2 unspecified atom stereocenters. The fourth-order valence-corrected chi connectivity index (χ4v) is 2.52. The van der Waals surface area contributed by atoms with Crippen LogP contribution in [-0.2, 0) is 5.54 Å². The minimum absolute atomic E-state index is 0.0688. The largest absolute Gasteiger partial charge is 0.376 e. The van der Waals surface area contributed by atoms with Gasteiger partial charge in [0.25, 0.3) is 0 Å². The Hall–Kier alpha value is -1.54. The predicted molar refractivity (Wildman–Crippen MR) is 81.6 cm³/mol. The molecule has 2 atom stereocenters. The van der Waals surface area contributed by atoms with Gasteiger partial charge in [0.05, 0.1) is 5.54 Å². The fraction of sp³-hybridized carbons (Fsp3) is 0.412. The van der Waals surface area contributed by atoms with E-state index in [1.54, 1.807) is 0 Å². The van der Waals surface area contributed by atoms with Gasteiger partial charge >= 0.3 is 0 Å². The van der Waals surface area contributed by atoms with Crippen LogP contribution in [0.25, 0.3) is 0 Å². The summed E-state index contributed by atoms with van der Waals surface area (Å²) in [5.41, 5.74) is 8.27. The molecule has 1 aromatic rings. The number of benzene rings is 1. The summed E-state index contributed by atoms with van der Waals surface area (Å²) in [6.45, 7) is 6.47. The monoisotopic (exact) mass is 256 g/mol. The van der Waals surface area contributed by atoms with Crippen molar-refractivity contribution in [2.24, 2.45) is 11.7 Å². The molecule has 0 aliphatic heterocycles. The van der Waals surface area contributed by atoms with Crippen LogP contribution in [0.3, 0.4) is 0 Å². The lowest BCUT2D eigenvalue weighted by atomic mass is 9.94. The molecule has 1 aliphatic carbocycles. The SMILES string of the molecule is CC(N)CC1C=CC(NC(C)(C)c2ccccc2)=C1. The Morgan fingerprint density at radius 3 is 2.58 bits per heavy atom. The van der Waals surface area contributed by atoms with Crippen molar-refractivity contribution >= 4 is 0 Å². The second kappa shape index (κ2) is 5.62. The zero-order valence-corrected chi connectivity index (χ0v) is 12.1. The molecule has 0 saturated heterocycles. The highest BCUT2D eigenvalue weighted by Crippen LogP contribution is 2.25. The molecule has 19 heavy (non-hydrogen) atoms. The maximum atomic E-state index is 5.85. The van der Waals surface area contributed by atoms with Crippen molar-refractivity contribution in [2.45, 2.75) is 38.8 Å². The molecule has 0 radical (unpaired) electrons. The van der Waals surface area contributed by atoms with Crippen LogP contribution in [0, 0.1) is 5.92 Å². The van der Waals surface area contributed by atoms with Gasteiger partial charge in [-0.15, -0.1) is 0 Å². The Morgan fingerprint density at radius 1 is 1.26 bits per heavy atom. The van der Waals surface area contributed by atoms with Crippen molar-refractivity contribution in [2.75, 3.05) is 0 Å². The van der Waals surface area contributed by atoms with E-state index < -0.39 is 0 Å². The third kappa shape index (κ3) is 3.71. The van der Waals surface area contributed by atoms with Crippen molar-refractivity contribution in [3.8, 4) is 0 Å². The van der Waals surface area contributed by atoms with Gasteiger partial charge in [-0.05, 0) is 44.7 Å². The molecule has 0 aromatic heterocycles. The molecule has 0 fully saturated rings. The fourth-order valence-electron chi connectivity index (χ4n) is 2.52. The van der Waals surface area contributed by atoms with Crippen LogP contribution in [0.15, 0.2) is 54.3 Å². The lowest BCUT2D eigenvalue weighted by Crippen LogP contribution is -2.35. The van der Waals surface area contributed by atoms with Crippen LogP contribution in [0.2, 0.25) is 0 Å². The number of nitrogens with one attached hydrogen (secondary N) is 1. The van der Waals surface area contributed by atoms with E-state index in [1.165, 1.54) is 11.3 Å². The standard InChI is InChI=1S/C17H24N2/c1-13(18)11-14-9-10-16(12-14)19-17(2,3)15-7-5-4-6-8-15/h4-10,12-14,19H,11,18H2,1-3H3. The number of hydrogen-bond acceptors (Lipinski definition) is 2. The molecular formula is C17H24N2. The van der Waals surface area contributed by atoms with E-state index in [-0.39, 0.29) is 11.6 Å². The van der Waals surface area contributed by atoms with Crippen molar-refractivity contribution in [3.05, 3.63) is 59.8 Å². The number of nitrogens with two attached hydrogens (primary N) is 1. The van der Waals surface area contributed by atoms with Gasteiger partial charge in [0, 0.05) is 11.7 Å². The van der Waals surface area contributed by atoms with Crippen molar-refractivity contribution in [1.29, 1.82) is 0 Å². The van der Waals surface area contributed by atoms with Gasteiger partial charge < -0.3 is 11.1 Å². The van der Waals surface area contributed by atoms with E-state index >= 15 is 0 Å². The predicted octanol–water partition coefficient (Wildman–Crippen LogP) is 3.32. The molecule has 0 bridgehead atoms. The smallest absolute Gasteiger partial charge is 0.0568 e. The minimum atomic E-state index is -0.0688. The summed E-state index contributed by atoms with van der Waals surface area (Å²) in [7, 11) is 0. The van der Waals surface area contributed by atoms with Gasteiger partial charge in [0.1, 0.15) is 0 Å². The van der Waals surface area contributed by atoms with Gasteiger partial charge in [-0.25, -0.2) is 0 Å². The van der Waals surface area contributed by atoms with Crippen molar-refractivity contribution < 1.29 is 0 Å². The van der Waals surface area contributed by atoms with Crippen LogP contribution in [0.1, 0.15) is 32.8 Å². The molecule has 2 heteroatoms. The molecule has 2 rings (SSSR count). The van der Waals surface area contributed by atoms with Crippen LogP contribution in [0.4, 0.5) is 0 Å². The Labute approximate surface area is 116 Å². The summed E-state index contributed by atoms with van der Waals surface area (Å²) in [5.74, 6) is 0.467. The third-order valence-corrected chi connectivity index (χ3v) is 3.51. The molecule has 1 aromatic carbocycles. The highest BCUT2D eigenvalue weighted by Gasteiger charge is 2.22. The Balaban J connectivity index is 2.04.